The Morgan fingerprint density at radius 1 is 1.24 bits per heavy atom. The first kappa shape index (κ1) is 22.5. The first-order valence-electron chi connectivity index (χ1n) is 10.3. The third kappa shape index (κ3) is 4.09. The quantitative estimate of drug-likeness (QED) is 0.510. The smallest absolute Gasteiger partial charge is 0.338 e. The summed E-state index contributed by atoms with van der Waals surface area (Å²) < 4.78 is 19.8. The Morgan fingerprint density at radius 2 is 2.00 bits per heavy atom. The predicted molar refractivity (Wildman–Crippen MR) is 123 cm³/mol. The number of esters is 1. The highest BCUT2D eigenvalue weighted by Crippen LogP contribution is 2.36. The molecule has 0 amide bonds. The van der Waals surface area contributed by atoms with E-state index in [4.69, 9.17) is 14.2 Å². The van der Waals surface area contributed by atoms with Crippen molar-refractivity contribution in [2.75, 3.05) is 20.8 Å². The Hall–Kier alpha value is -3.66. The van der Waals surface area contributed by atoms with E-state index in [1.807, 2.05) is 19.3 Å². The zero-order chi connectivity index (χ0) is 23.7. The van der Waals surface area contributed by atoms with Gasteiger partial charge in [-0.1, -0.05) is 17.4 Å². The van der Waals surface area contributed by atoms with Crippen molar-refractivity contribution >= 4 is 23.4 Å². The summed E-state index contributed by atoms with van der Waals surface area (Å²) in [4.78, 5) is 31.6. The maximum Gasteiger partial charge on any atom is 0.338 e. The van der Waals surface area contributed by atoms with Crippen LogP contribution in [0.5, 0.6) is 11.5 Å². The highest BCUT2D eigenvalue weighted by atomic mass is 32.1. The molecule has 0 radical (unpaired) electrons. The topological polar surface area (TPSA) is 96.9 Å². The number of fused-ring (bicyclic) bond motifs is 1. The third-order valence-corrected chi connectivity index (χ3v) is 6.25. The summed E-state index contributed by atoms with van der Waals surface area (Å²) in [5.74, 6) is 0.522. The number of benzene rings is 1. The van der Waals surface area contributed by atoms with Gasteiger partial charge in [-0.2, -0.15) is 5.10 Å². The average Bonchev–Trinajstić information content (AvgIpc) is 3.34. The summed E-state index contributed by atoms with van der Waals surface area (Å²) in [5.41, 5.74) is 2.04. The lowest BCUT2D eigenvalue weighted by Gasteiger charge is -2.25. The van der Waals surface area contributed by atoms with Crippen molar-refractivity contribution in [3.63, 3.8) is 0 Å². The van der Waals surface area contributed by atoms with Gasteiger partial charge in [-0.15, -0.1) is 0 Å². The number of nitrogens with zero attached hydrogens (tertiary/aromatic N) is 4. The molecule has 4 rings (SSSR count). The standard InChI is InChI=1S/C23H24N4O5S/c1-6-32-22(29)19-13(2)25-23-27(20(19)15-7-8-16(30-4)17(10-15)31-5)21(28)18(33-23)9-14-11-24-26(3)12-14/h7-12,20H,6H2,1-5H3/b18-9+/t20-/m0/s1. The van der Waals surface area contributed by atoms with Crippen LogP contribution in [0.2, 0.25) is 0 Å². The molecule has 2 aromatic heterocycles. The van der Waals surface area contributed by atoms with Gasteiger partial charge in [0.2, 0.25) is 0 Å². The molecule has 1 aliphatic heterocycles. The van der Waals surface area contributed by atoms with Crippen LogP contribution in [0.4, 0.5) is 0 Å². The number of aryl methyl sites for hydroxylation is 1. The van der Waals surface area contributed by atoms with Crippen molar-refractivity contribution in [3.8, 4) is 11.5 Å². The molecule has 0 saturated carbocycles. The average molecular weight is 469 g/mol. The SMILES string of the molecule is CCOC(=O)C1=C(C)N=c2s/c(=C/c3cnn(C)c3)c(=O)n2[C@H]1c1ccc(OC)c(OC)c1. The van der Waals surface area contributed by atoms with Crippen LogP contribution in [0.15, 0.2) is 51.6 Å². The lowest BCUT2D eigenvalue weighted by Crippen LogP contribution is -2.39. The summed E-state index contributed by atoms with van der Waals surface area (Å²) in [6.45, 7) is 3.69. The molecular weight excluding hydrogens is 444 g/mol. The van der Waals surface area contributed by atoms with Crippen LogP contribution in [0.1, 0.15) is 31.0 Å². The molecule has 9 nitrogen and oxygen atoms in total. The second kappa shape index (κ2) is 9.07. The van der Waals surface area contributed by atoms with Gasteiger partial charge in [0.15, 0.2) is 16.3 Å². The van der Waals surface area contributed by atoms with E-state index >= 15 is 0 Å². The van der Waals surface area contributed by atoms with Crippen molar-refractivity contribution in [1.29, 1.82) is 0 Å². The van der Waals surface area contributed by atoms with Crippen molar-refractivity contribution < 1.29 is 19.0 Å². The van der Waals surface area contributed by atoms with E-state index in [0.717, 1.165) is 5.56 Å². The summed E-state index contributed by atoms with van der Waals surface area (Å²) in [6, 6.07) is 4.59. The molecule has 0 fully saturated rings. The Bertz CT molecular complexity index is 1430. The molecule has 172 valence electrons. The first-order valence-corrected chi connectivity index (χ1v) is 11.1. The van der Waals surface area contributed by atoms with Crippen LogP contribution in [0.25, 0.3) is 6.08 Å². The second-order valence-corrected chi connectivity index (χ2v) is 8.37. The molecule has 3 aromatic rings. The summed E-state index contributed by atoms with van der Waals surface area (Å²) >= 11 is 1.26. The zero-order valence-electron chi connectivity index (χ0n) is 19.0. The fourth-order valence-corrected chi connectivity index (χ4v) is 4.84. The molecule has 0 spiro atoms. The van der Waals surface area contributed by atoms with Gasteiger partial charge in [0.05, 0.1) is 48.9 Å². The van der Waals surface area contributed by atoms with Crippen molar-refractivity contribution in [1.82, 2.24) is 14.3 Å². The molecule has 0 aliphatic carbocycles. The van der Waals surface area contributed by atoms with Crippen molar-refractivity contribution in [2.45, 2.75) is 19.9 Å². The van der Waals surface area contributed by atoms with Crippen LogP contribution in [0, 0.1) is 0 Å². The molecule has 0 unspecified atom stereocenters. The number of carbonyl (C=O) groups excluding carboxylic acids is 1. The molecule has 10 heteroatoms. The largest absolute Gasteiger partial charge is 0.493 e. The minimum absolute atomic E-state index is 0.208. The van der Waals surface area contributed by atoms with Gasteiger partial charge < -0.3 is 14.2 Å². The van der Waals surface area contributed by atoms with E-state index < -0.39 is 12.0 Å². The van der Waals surface area contributed by atoms with E-state index in [-0.39, 0.29) is 12.2 Å². The van der Waals surface area contributed by atoms with E-state index in [2.05, 4.69) is 10.1 Å². The Morgan fingerprint density at radius 3 is 2.64 bits per heavy atom. The predicted octanol–water partition coefficient (Wildman–Crippen LogP) is 1.55. The van der Waals surface area contributed by atoms with Gasteiger partial charge in [0.1, 0.15) is 0 Å². The van der Waals surface area contributed by atoms with Crippen LogP contribution < -0.4 is 24.4 Å². The fourth-order valence-electron chi connectivity index (χ4n) is 3.80. The molecule has 0 N–H and O–H groups in total. The van der Waals surface area contributed by atoms with Crippen LogP contribution >= 0.6 is 11.3 Å². The summed E-state index contributed by atoms with van der Waals surface area (Å²) in [6.07, 6.45) is 5.27. The minimum atomic E-state index is -0.726. The lowest BCUT2D eigenvalue weighted by atomic mass is 9.95. The monoisotopic (exact) mass is 468 g/mol. The van der Waals surface area contributed by atoms with Crippen molar-refractivity contribution in [2.24, 2.45) is 12.0 Å². The van der Waals surface area contributed by atoms with Crippen LogP contribution in [-0.4, -0.2) is 41.1 Å². The van der Waals surface area contributed by atoms with Gasteiger partial charge in [0, 0.05) is 18.8 Å². The maximum absolute atomic E-state index is 13.5. The van der Waals surface area contributed by atoms with Gasteiger partial charge in [-0.05, 0) is 37.6 Å². The Balaban J connectivity index is 1.97. The molecule has 1 atom stereocenters. The van der Waals surface area contributed by atoms with E-state index in [9.17, 15) is 9.59 Å². The highest BCUT2D eigenvalue weighted by molar-refractivity contribution is 7.07. The van der Waals surface area contributed by atoms with Crippen molar-refractivity contribution in [3.05, 3.63) is 72.7 Å². The molecule has 1 aromatic carbocycles. The normalized spacial score (nSPS) is 15.8. The van der Waals surface area contributed by atoms with Gasteiger partial charge in [-0.25, -0.2) is 9.79 Å². The number of allylic oxidation sites excluding steroid dienone is 1. The number of thiazole rings is 1. The molecular formula is C23H24N4O5S. The summed E-state index contributed by atoms with van der Waals surface area (Å²) in [5, 5.41) is 4.15. The minimum Gasteiger partial charge on any atom is -0.493 e. The number of aromatic nitrogens is 3. The fraction of sp³-hybridized carbons (Fsp3) is 0.304. The van der Waals surface area contributed by atoms with Crippen LogP contribution in [0.3, 0.4) is 0 Å². The Labute approximate surface area is 193 Å². The number of carbonyl (C=O) groups is 1. The Kier molecular flexibility index (Phi) is 6.19. The van der Waals surface area contributed by atoms with Crippen LogP contribution in [-0.2, 0) is 16.6 Å². The summed E-state index contributed by atoms with van der Waals surface area (Å²) in [7, 11) is 4.90. The molecule has 0 bridgehead atoms. The number of hydrogen-bond acceptors (Lipinski definition) is 8. The van der Waals surface area contributed by atoms with Gasteiger partial charge in [0.25, 0.3) is 5.56 Å². The molecule has 1 aliphatic rings. The molecule has 3 heterocycles. The lowest BCUT2D eigenvalue weighted by molar-refractivity contribution is -0.139. The zero-order valence-corrected chi connectivity index (χ0v) is 19.8. The van der Waals surface area contributed by atoms with E-state index in [1.54, 1.807) is 50.0 Å². The van der Waals surface area contributed by atoms with Gasteiger partial charge in [-0.3, -0.25) is 14.0 Å². The van der Waals surface area contributed by atoms with E-state index in [1.165, 1.54) is 23.0 Å². The first-order chi connectivity index (χ1) is 15.9. The number of methoxy groups -OCH3 is 2. The number of hydrogen-bond donors (Lipinski definition) is 0. The van der Waals surface area contributed by atoms with E-state index in [0.29, 0.717) is 37.7 Å². The maximum atomic E-state index is 13.5. The molecule has 0 saturated heterocycles. The second-order valence-electron chi connectivity index (χ2n) is 7.36. The number of ether oxygens (including phenoxy) is 3. The highest BCUT2D eigenvalue weighted by Gasteiger charge is 2.33. The third-order valence-electron chi connectivity index (χ3n) is 5.26. The van der Waals surface area contributed by atoms with Gasteiger partial charge >= 0.3 is 5.97 Å². The molecule has 33 heavy (non-hydrogen) atoms. The number of rotatable bonds is 6.